The van der Waals surface area contributed by atoms with Crippen molar-refractivity contribution in [2.75, 3.05) is 13.1 Å². The van der Waals surface area contributed by atoms with Crippen LogP contribution in [0.15, 0.2) is 0 Å². The lowest BCUT2D eigenvalue weighted by atomic mass is 9.81. The summed E-state index contributed by atoms with van der Waals surface area (Å²) in [7, 11) is 0. The number of carboxylic acids is 1. The molecule has 5 heteroatoms. The van der Waals surface area contributed by atoms with Gasteiger partial charge in [0.05, 0.1) is 5.41 Å². The molecule has 0 atom stereocenters. The number of rotatable bonds is 6. The van der Waals surface area contributed by atoms with Crippen LogP contribution in [0.5, 0.6) is 0 Å². The van der Waals surface area contributed by atoms with Gasteiger partial charge in [-0.1, -0.05) is 40.5 Å². The van der Waals surface area contributed by atoms with Gasteiger partial charge in [-0.25, -0.2) is 4.79 Å². The minimum absolute atomic E-state index is 0.0230. The molecule has 0 aromatic heterocycles. The zero-order valence-corrected chi connectivity index (χ0v) is 13.1. The molecule has 0 spiro atoms. The fourth-order valence-electron chi connectivity index (χ4n) is 2.34. The predicted molar refractivity (Wildman–Crippen MR) is 78.6 cm³/mol. The first-order valence-corrected chi connectivity index (χ1v) is 7.45. The van der Waals surface area contributed by atoms with Crippen LogP contribution in [-0.2, 0) is 4.79 Å². The van der Waals surface area contributed by atoms with Gasteiger partial charge in [0.25, 0.3) is 0 Å². The smallest absolute Gasteiger partial charge is 0.314 e. The van der Waals surface area contributed by atoms with Crippen LogP contribution in [0.25, 0.3) is 0 Å². The number of nitrogens with one attached hydrogen (secondary N) is 2. The lowest BCUT2D eigenvalue weighted by Crippen LogP contribution is -2.47. The summed E-state index contributed by atoms with van der Waals surface area (Å²) in [6.07, 6.45) is 3.16. The predicted octanol–water partition coefficient (Wildman–Crippen LogP) is 2.61. The average Bonchev–Trinajstić information content (AvgIpc) is 2.84. The van der Waals surface area contributed by atoms with E-state index in [-0.39, 0.29) is 18.0 Å². The van der Waals surface area contributed by atoms with Gasteiger partial charge in [0.2, 0.25) is 0 Å². The average molecular weight is 284 g/mol. The molecule has 0 bridgehead atoms. The first-order chi connectivity index (χ1) is 9.19. The van der Waals surface area contributed by atoms with Crippen molar-refractivity contribution >= 4 is 12.0 Å². The van der Waals surface area contributed by atoms with E-state index >= 15 is 0 Å². The van der Waals surface area contributed by atoms with Crippen LogP contribution in [0, 0.1) is 16.7 Å². The summed E-state index contributed by atoms with van der Waals surface area (Å²) in [6.45, 7) is 9.25. The minimum Gasteiger partial charge on any atom is -0.481 e. The van der Waals surface area contributed by atoms with Crippen molar-refractivity contribution < 1.29 is 14.7 Å². The number of hydrogen-bond acceptors (Lipinski definition) is 2. The van der Waals surface area contributed by atoms with E-state index in [9.17, 15) is 14.7 Å². The third kappa shape index (κ3) is 4.12. The van der Waals surface area contributed by atoms with E-state index in [2.05, 4.69) is 38.3 Å². The first-order valence-electron chi connectivity index (χ1n) is 7.45. The van der Waals surface area contributed by atoms with E-state index in [0.717, 1.165) is 12.8 Å². The van der Waals surface area contributed by atoms with Gasteiger partial charge in [-0.15, -0.1) is 0 Å². The van der Waals surface area contributed by atoms with Gasteiger partial charge in [-0.3, -0.25) is 4.79 Å². The summed E-state index contributed by atoms with van der Waals surface area (Å²) in [4.78, 5) is 23.2. The molecule has 0 heterocycles. The monoisotopic (exact) mass is 284 g/mol. The first kappa shape index (κ1) is 16.8. The Labute approximate surface area is 121 Å². The van der Waals surface area contributed by atoms with Crippen LogP contribution in [0.3, 0.4) is 0 Å². The number of carbonyl (C=O) groups is 2. The molecule has 1 rings (SSSR count). The summed E-state index contributed by atoms with van der Waals surface area (Å²) >= 11 is 0. The van der Waals surface area contributed by atoms with Crippen molar-refractivity contribution in [3.8, 4) is 0 Å². The molecule has 0 unspecified atom stereocenters. The largest absolute Gasteiger partial charge is 0.481 e. The Balaban J connectivity index is 2.42. The fraction of sp³-hybridized carbons (Fsp3) is 0.867. The molecule has 0 aliphatic heterocycles. The summed E-state index contributed by atoms with van der Waals surface area (Å²) < 4.78 is 0. The Hall–Kier alpha value is -1.26. The molecule has 5 nitrogen and oxygen atoms in total. The second kappa shape index (κ2) is 6.46. The maximum Gasteiger partial charge on any atom is 0.314 e. The number of carboxylic acid groups (broad SMARTS) is 1. The Kier molecular flexibility index (Phi) is 5.42. The fourth-order valence-corrected chi connectivity index (χ4v) is 2.34. The van der Waals surface area contributed by atoms with Gasteiger partial charge in [0, 0.05) is 13.1 Å². The van der Waals surface area contributed by atoms with Crippen molar-refractivity contribution in [3.63, 3.8) is 0 Å². The lowest BCUT2D eigenvalue weighted by Gasteiger charge is -2.30. The maximum atomic E-state index is 11.8. The lowest BCUT2D eigenvalue weighted by molar-refractivity contribution is -0.148. The van der Waals surface area contributed by atoms with E-state index in [1.165, 1.54) is 0 Å². The number of hydrogen-bond donors (Lipinski definition) is 3. The maximum absolute atomic E-state index is 11.8. The number of aliphatic carboxylic acids is 1. The molecule has 0 saturated heterocycles. The van der Waals surface area contributed by atoms with Gasteiger partial charge in [-0.05, 0) is 24.2 Å². The molecule has 1 aliphatic carbocycles. The van der Waals surface area contributed by atoms with Crippen LogP contribution in [0.4, 0.5) is 4.79 Å². The van der Waals surface area contributed by atoms with Gasteiger partial charge in [0.1, 0.15) is 0 Å². The van der Waals surface area contributed by atoms with Crippen LogP contribution in [0.1, 0.15) is 53.4 Å². The summed E-state index contributed by atoms with van der Waals surface area (Å²) in [5.74, 6) is -0.333. The van der Waals surface area contributed by atoms with Crippen LogP contribution >= 0.6 is 0 Å². The molecule has 0 radical (unpaired) electrons. The molecule has 2 amide bonds. The third-order valence-corrected chi connectivity index (χ3v) is 4.87. The van der Waals surface area contributed by atoms with Gasteiger partial charge in [0.15, 0.2) is 0 Å². The summed E-state index contributed by atoms with van der Waals surface area (Å²) in [5.41, 5.74) is -0.736. The topological polar surface area (TPSA) is 78.4 Å². The summed E-state index contributed by atoms with van der Waals surface area (Å²) in [5, 5.41) is 14.9. The molecule has 0 aromatic carbocycles. The second-order valence-electron chi connectivity index (χ2n) is 6.97. The van der Waals surface area contributed by atoms with E-state index in [1.54, 1.807) is 0 Å². The molecule has 3 N–H and O–H groups in total. The highest BCUT2D eigenvalue weighted by Crippen LogP contribution is 2.37. The van der Waals surface area contributed by atoms with Gasteiger partial charge >= 0.3 is 12.0 Å². The molecule has 1 fully saturated rings. The normalized spacial score (nSPS) is 18.1. The Morgan fingerprint density at radius 1 is 1.20 bits per heavy atom. The van der Waals surface area contributed by atoms with E-state index in [0.29, 0.717) is 25.3 Å². The molecule has 0 aromatic rings. The Morgan fingerprint density at radius 2 is 1.75 bits per heavy atom. The van der Waals surface area contributed by atoms with Crippen molar-refractivity contribution in [1.29, 1.82) is 0 Å². The molecule has 20 heavy (non-hydrogen) atoms. The minimum atomic E-state index is -0.794. The quantitative estimate of drug-likeness (QED) is 0.701. The SMILES string of the molecule is CC(C)C(C)(C)CNC(=O)NCC1(C(=O)O)CCCC1. The van der Waals surface area contributed by atoms with Crippen LogP contribution in [0.2, 0.25) is 0 Å². The van der Waals surface area contributed by atoms with Crippen molar-refractivity contribution in [2.45, 2.75) is 53.4 Å². The third-order valence-electron chi connectivity index (χ3n) is 4.87. The molecule has 1 saturated carbocycles. The van der Waals surface area contributed by atoms with Crippen molar-refractivity contribution in [2.24, 2.45) is 16.7 Å². The molecular formula is C15H28N2O3. The van der Waals surface area contributed by atoms with E-state index in [1.807, 2.05) is 0 Å². The number of urea groups is 1. The van der Waals surface area contributed by atoms with Crippen molar-refractivity contribution in [1.82, 2.24) is 10.6 Å². The highest BCUT2D eigenvalue weighted by molar-refractivity contribution is 5.78. The van der Waals surface area contributed by atoms with Gasteiger partial charge in [-0.2, -0.15) is 0 Å². The molecule has 1 aliphatic rings. The van der Waals surface area contributed by atoms with Crippen LogP contribution < -0.4 is 10.6 Å². The van der Waals surface area contributed by atoms with Crippen molar-refractivity contribution in [3.05, 3.63) is 0 Å². The van der Waals surface area contributed by atoms with E-state index in [4.69, 9.17) is 0 Å². The molecule has 116 valence electrons. The summed E-state index contributed by atoms with van der Waals surface area (Å²) in [6, 6.07) is -0.272. The Morgan fingerprint density at radius 3 is 2.20 bits per heavy atom. The van der Waals surface area contributed by atoms with Crippen LogP contribution in [-0.4, -0.2) is 30.2 Å². The zero-order chi connectivity index (χ0) is 15.4. The second-order valence-corrected chi connectivity index (χ2v) is 6.97. The van der Waals surface area contributed by atoms with E-state index < -0.39 is 11.4 Å². The molecular weight excluding hydrogens is 256 g/mol. The highest BCUT2D eigenvalue weighted by atomic mass is 16.4. The Bertz CT molecular complexity index is 358. The zero-order valence-electron chi connectivity index (χ0n) is 13.1. The highest BCUT2D eigenvalue weighted by Gasteiger charge is 2.41. The number of amides is 2. The van der Waals surface area contributed by atoms with Gasteiger partial charge < -0.3 is 15.7 Å². The standard InChI is InChI=1S/C15H28N2O3/c1-11(2)14(3,4)9-16-13(20)17-10-15(12(18)19)7-5-6-8-15/h11H,5-10H2,1-4H3,(H,18,19)(H2,16,17,20). The number of carbonyl (C=O) groups excluding carboxylic acids is 1.